The first-order valence-electron chi connectivity index (χ1n) is 31.1. The average Bonchev–Trinajstić information content (AvgIpc) is 2.83. The number of amides is 6. The Bertz CT molecular complexity index is 2940. The highest BCUT2D eigenvalue weighted by atomic mass is 127. The number of rotatable bonds is 33. The number of alkyl halides is 2. The topological polar surface area (TPSA) is 331 Å². The molecule has 0 bridgehead atoms. The minimum absolute atomic E-state index is 0.0599. The lowest BCUT2D eigenvalue weighted by Gasteiger charge is -2.34. The van der Waals surface area contributed by atoms with Crippen molar-refractivity contribution in [2.75, 3.05) is 144 Å². The van der Waals surface area contributed by atoms with Gasteiger partial charge in [0.05, 0.1) is 63.0 Å². The second-order valence-electron chi connectivity index (χ2n) is 23.2. The quantitative estimate of drug-likeness (QED) is 0.0339. The van der Waals surface area contributed by atoms with Gasteiger partial charge in [-0.05, 0) is 122 Å². The molecule has 0 aliphatic carbocycles. The number of pyridine rings is 1. The van der Waals surface area contributed by atoms with E-state index in [9.17, 15) is 72.5 Å². The molecule has 3 saturated heterocycles. The van der Waals surface area contributed by atoms with Crippen molar-refractivity contribution >= 4 is 86.8 Å². The maximum Gasteiger partial charge on any atom is 0.317 e. The van der Waals surface area contributed by atoms with Crippen molar-refractivity contribution in [3.05, 3.63) is 69.4 Å². The molecule has 0 unspecified atom stereocenters. The highest BCUT2D eigenvalue weighted by Crippen LogP contribution is 2.32. The molecule has 3 aromatic rings. The van der Waals surface area contributed by atoms with E-state index in [4.69, 9.17) is 4.74 Å². The van der Waals surface area contributed by atoms with Gasteiger partial charge in [-0.15, -0.1) is 0 Å². The highest BCUT2D eigenvalue weighted by molar-refractivity contribution is 14.1. The maximum atomic E-state index is 13.9. The molecule has 6 rings (SSSR count). The van der Waals surface area contributed by atoms with Crippen LogP contribution in [0.2, 0.25) is 0 Å². The molecular weight excluding hydrogens is 1300 g/mol. The van der Waals surface area contributed by atoms with Gasteiger partial charge in [0, 0.05) is 126 Å². The van der Waals surface area contributed by atoms with Crippen molar-refractivity contribution in [2.24, 2.45) is 0 Å². The molecule has 0 spiro atoms. The number of nitrogens with zero attached hydrogens (tertiary/aromatic N) is 9. The van der Waals surface area contributed by atoms with E-state index < -0.39 is 79.1 Å². The minimum atomic E-state index is -3.17. The molecule has 0 radical (unpaired) electrons. The van der Waals surface area contributed by atoms with Crippen LogP contribution in [-0.2, 0) is 44.8 Å². The fraction of sp³-hybridized carbons (Fsp3) is 0.597. The van der Waals surface area contributed by atoms with Gasteiger partial charge in [-0.2, -0.15) is 5.26 Å². The summed E-state index contributed by atoms with van der Waals surface area (Å²) in [6, 6.07) is 14.2. The molecule has 4 heterocycles. The molecular formula is C62H86F2IN13O13. The number of aryl methyl sites for hydroxylation is 1. The Morgan fingerprint density at radius 2 is 1.26 bits per heavy atom. The fourth-order valence-electron chi connectivity index (χ4n) is 11.1. The number of carbonyl (C=O) groups is 9. The summed E-state index contributed by atoms with van der Waals surface area (Å²) in [5.41, 5.74) is 1.87. The Labute approximate surface area is 542 Å². The van der Waals surface area contributed by atoms with Crippen molar-refractivity contribution in [3.63, 3.8) is 0 Å². The van der Waals surface area contributed by atoms with Crippen LogP contribution in [0.3, 0.4) is 0 Å². The van der Waals surface area contributed by atoms with Crippen molar-refractivity contribution in [1.29, 1.82) is 5.26 Å². The number of nitriles is 1. The van der Waals surface area contributed by atoms with Crippen molar-refractivity contribution in [3.8, 4) is 11.8 Å². The van der Waals surface area contributed by atoms with Crippen LogP contribution in [0.25, 0.3) is 10.9 Å². The number of likely N-dealkylation sites (tertiary alicyclic amines) is 1. The molecule has 3 aliphatic rings. The Morgan fingerprint density at radius 1 is 0.659 bits per heavy atom. The molecule has 6 amide bonds. The van der Waals surface area contributed by atoms with E-state index in [-0.39, 0.29) is 109 Å². The van der Waals surface area contributed by atoms with Crippen molar-refractivity contribution in [1.82, 2.24) is 60.6 Å². The van der Waals surface area contributed by atoms with Crippen LogP contribution < -0.4 is 26.0 Å². The number of carboxylic acid groups (broad SMARTS) is 3. The number of hydrogen-bond donors (Lipinski definition) is 7. The lowest BCUT2D eigenvalue weighted by Crippen LogP contribution is -2.52. The third-order valence-corrected chi connectivity index (χ3v) is 16.8. The second kappa shape index (κ2) is 37.9. The first-order chi connectivity index (χ1) is 43.6. The summed E-state index contributed by atoms with van der Waals surface area (Å²) < 4.78 is 34.9. The van der Waals surface area contributed by atoms with Gasteiger partial charge < -0.3 is 51.1 Å². The monoisotopic (exact) mass is 1390 g/mol. The molecule has 3 aliphatic heterocycles. The standard InChI is InChI=1S/C62H86F2IN13O13/c63-62(64)37-47(38-66)78(44-62)56(82)39-70-60(89)49-18-21-67-51-17-16-48(36-50(49)51)91-35-5-4-22-72-31-33-77(34-32-72)55(81)11-2-1-3-19-69-61(90)52(9-7-20-68-53(79)10-6-8-45-12-14-46(65)15-13-45)71-54(80)40-73-23-25-74(41-57(83)84)27-29-76(43-59(87)88)30-28-75(26-24-73)42-58(85)86/h12-18,21,36,47,52H,1-11,19-20,22-35,37,39-44H2,(H,68,79)(H,69,90)(H,70,89)(H,71,80)(H,83,84)(H,85,86)(H,87,88)/t47-,52+/m1/s1. The SMILES string of the molecule is N#C[C@H]1CC(F)(F)CN1C(=O)CNC(=O)c1ccnc2ccc(OCCCCN3CCN(C(=O)CCCCCNC(=O)[C@H](CCCNC(=O)CCCc4ccc(I)cc4)NC(=O)CN4CCN(CC(=O)O)CCN(CC(=O)O)CCN(CC(=O)O)CC4)CC3)cc12. The Hall–Kier alpha value is -7.24. The lowest BCUT2D eigenvalue weighted by atomic mass is 10.1. The summed E-state index contributed by atoms with van der Waals surface area (Å²) in [4.78, 5) is 131. The van der Waals surface area contributed by atoms with E-state index in [1.807, 2.05) is 29.2 Å². The van der Waals surface area contributed by atoms with E-state index in [2.05, 4.69) is 53.7 Å². The molecule has 26 nitrogen and oxygen atoms in total. The molecule has 29 heteroatoms. The first-order valence-corrected chi connectivity index (χ1v) is 32.2. The zero-order valence-corrected chi connectivity index (χ0v) is 53.6. The van der Waals surface area contributed by atoms with Gasteiger partial charge in [-0.25, -0.2) is 8.78 Å². The number of aromatic nitrogens is 1. The van der Waals surface area contributed by atoms with Gasteiger partial charge >= 0.3 is 17.9 Å². The van der Waals surface area contributed by atoms with Gasteiger partial charge in [0.15, 0.2) is 0 Å². The van der Waals surface area contributed by atoms with Gasteiger partial charge in [-0.1, -0.05) is 18.6 Å². The number of carboxylic acids is 3. The van der Waals surface area contributed by atoms with Crippen LogP contribution in [0.4, 0.5) is 8.78 Å². The Balaban J connectivity index is 0.909. The van der Waals surface area contributed by atoms with Crippen LogP contribution in [0.15, 0.2) is 54.7 Å². The predicted octanol–water partition coefficient (Wildman–Crippen LogP) is 2.19. The van der Waals surface area contributed by atoms with Crippen LogP contribution in [-0.4, -0.2) is 270 Å². The predicted molar refractivity (Wildman–Crippen MR) is 339 cm³/mol. The van der Waals surface area contributed by atoms with E-state index in [0.717, 1.165) is 52.9 Å². The largest absolute Gasteiger partial charge is 0.494 e. The summed E-state index contributed by atoms with van der Waals surface area (Å²) >= 11 is 2.24. The molecule has 91 heavy (non-hydrogen) atoms. The molecule has 2 atom stereocenters. The number of unbranched alkanes of at least 4 members (excludes halogenated alkanes) is 3. The number of halogens is 3. The van der Waals surface area contributed by atoms with Crippen LogP contribution in [0, 0.1) is 14.9 Å². The van der Waals surface area contributed by atoms with Crippen LogP contribution >= 0.6 is 22.6 Å². The number of benzene rings is 2. The van der Waals surface area contributed by atoms with Gasteiger partial charge in [-0.3, -0.25) is 72.6 Å². The van der Waals surface area contributed by atoms with E-state index in [0.29, 0.717) is 87.8 Å². The van der Waals surface area contributed by atoms with Gasteiger partial charge in [0.1, 0.15) is 17.8 Å². The third kappa shape index (κ3) is 26.5. The molecule has 498 valence electrons. The second-order valence-corrected chi connectivity index (χ2v) is 24.5. The molecule has 0 saturated carbocycles. The normalized spacial score (nSPS) is 17.6. The molecule has 1 aromatic heterocycles. The number of piperazine rings is 1. The summed E-state index contributed by atoms with van der Waals surface area (Å²) in [5, 5.41) is 49.8. The number of hydrogen-bond acceptors (Lipinski definition) is 17. The fourth-order valence-corrected chi connectivity index (χ4v) is 11.5. The smallest absolute Gasteiger partial charge is 0.317 e. The van der Waals surface area contributed by atoms with Gasteiger partial charge in [0.2, 0.25) is 29.5 Å². The third-order valence-electron chi connectivity index (χ3n) is 16.1. The van der Waals surface area contributed by atoms with Crippen LogP contribution in [0.5, 0.6) is 5.75 Å². The van der Waals surface area contributed by atoms with E-state index in [1.165, 1.54) is 12.3 Å². The number of carbonyl (C=O) groups excluding carboxylic acids is 6. The number of nitrogens with one attached hydrogen (secondary N) is 4. The summed E-state index contributed by atoms with van der Waals surface area (Å²) in [5.74, 6) is -8.23. The highest BCUT2D eigenvalue weighted by Gasteiger charge is 2.47. The van der Waals surface area contributed by atoms with Crippen molar-refractivity contribution < 1.29 is 72.0 Å². The summed E-state index contributed by atoms with van der Waals surface area (Å²) in [6.45, 7) is 3.57. The number of ether oxygens (including phenoxy) is 1. The minimum Gasteiger partial charge on any atom is -0.494 e. The molecule has 3 fully saturated rings. The Kier molecular flexibility index (Phi) is 30.4. The first kappa shape index (κ1) is 72.8. The Morgan fingerprint density at radius 3 is 1.88 bits per heavy atom. The van der Waals surface area contributed by atoms with E-state index in [1.54, 1.807) is 43.9 Å². The lowest BCUT2D eigenvalue weighted by molar-refractivity contribution is -0.140. The molecule has 2 aromatic carbocycles. The summed E-state index contributed by atoms with van der Waals surface area (Å²) in [6.07, 6.45) is 6.80. The number of fused-ring (bicyclic) bond motifs is 1. The van der Waals surface area contributed by atoms with E-state index >= 15 is 0 Å². The van der Waals surface area contributed by atoms with Gasteiger partial charge in [0.25, 0.3) is 11.8 Å². The van der Waals surface area contributed by atoms with Crippen molar-refractivity contribution in [2.45, 2.75) is 95.1 Å². The maximum absolute atomic E-state index is 13.9. The zero-order valence-electron chi connectivity index (χ0n) is 51.5. The van der Waals surface area contributed by atoms with Crippen LogP contribution in [0.1, 0.15) is 86.6 Å². The average molecular weight is 1390 g/mol. The number of aliphatic carboxylic acids is 3. The zero-order chi connectivity index (χ0) is 65.7. The molecule has 7 N–H and O–H groups in total. The summed E-state index contributed by atoms with van der Waals surface area (Å²) in [7, 11) is 0.